The molecule has 3 aromatic heterocycles. The van der Waals surface area contributed by atoms with Gasteiger partial charge in [-0.25, -0.2) is 15.0 Å². The lowest BCUT2D eigenvalue weighted by atomic mass is 10.1. The maximum absolute atomic E-state index is 6.00. The van der Waals surface area contributed by atoms with E-state index in [-0.39, 0.29) is 0 Å². The van der Waals surface area contributed by atoms with Crippen LogP contribution < -0.4 is 5.32 Å². The van der Waals surface area contributed by atoms with Gasteiger partial charge in [-0.2, -0.15) is 0 Å². The van der Waals surface area contributed by atoms with Crippen LogP contribution in [-0.2, 0) is 0 Å². The Bertz CT molecular complexity index is 1030. The third-order valence-corrected chi connectivity index (χ3v) is 4.75. The topological polar surface area (TPSA) is 63.6 Å². The zero-order valence-corrected chi connectivity index (χ0v) is 15.4. The zero-order valence-electron chi connectivity index (χ0n) is 13.8. The fourth-order valence-corrected chi connectivity index (χ4v) is 3.59. The Morgan fingerprint density at radius 3 is 2.62 bits per heavy atom. The molecule has 1 N–H and O–H groups in total. The zero-order chi connectivity index (χ0) is 17.9. The summed E-state index contributed by atoms with van der Waals surface area (Å²) in [5.74, 6) is 1.29. The van der Waals surface area contributed by atoms with Crippen LogP contribution in [0, 0.1) is 6.92 Å². The lowest BCUT2D eigenvalue weighted by Gasteiger charge is -2.08. The van der Waals surface area contributed by atoms with E-state index in [1.165, 1.54) is 0 Å². The first-order valence-corrected chi connectivity index (χ1v) is 9.18. The number of thiazole rings is 1. The molecular formula is C19H14ClN5S. The van der Waals surface area contributed by atoms with Gasteiger partial charge >= 0.3 is 0 Å². The minimum Gasteiger partial charge on any atom is -0.340 e. The molecule has 0 radical (unpaired) electrons. The second-order valence-electron chi connectivity index (χ2n) is 5.60. The minimum atomic E-state index is 0.414. The molecular weight excluding hydrogens is 366 g/mol. The molecule has 3 heterocycles. The highest BCUT2D eigenvalue weighted by Gasteiger charge is 2.08. The fourth-order valence-electron chi connectivity index (χ4n) is 2.53. The summed E-state index contributed by atoms with van der Waals surface area (Å²) in [7, 11) is 0. The SMILES string of the molecule is Cc1nc(Cl)cc(Nc2cccc(-c3csc(-c4ccncc4)n3)c2)n1. The molecule has 26 heavy (non-hydrogen) atoms. The standard InChI is InChI=1S/C19H14ClN5S/c1-12-22-17(20)10-18(23-12)24-15-4-2-3-14(9-15)16-11-26-19(25-16)13-5-7-21-8-6-13/h2-11H,1H3,(H,22,23,24). The van der Waals surface area contributed by atoms with E-state index in [9.17, 15) is 0 Å². The molecule has 0 bridgehead atoms. The van der Waals surface area contributed by atoms with Crippen molar-refractivity contribution in [1.82, 2.24) is 19.9 Å². The van der Waals surface area contributed by atoms with Crippen molar-refractivity contribution in [1.29, 1.82) is 0 Å². The molecule has 0 saturated heterocycles. The fraction of sp³-hybridized carbons (Fsp3) is 0.0526. The van der Waals surface area contributed by atoms with Gasteiger partial charge in [-0.1, -0.05) is 23.7 Å². The Labute approximate surface area is 159 Å². The molecule has 0 saturated carbocycles. The van der Waals surface area contributed by atoms with E-state index in [4.69, 9.17) is 16.6 Å². The number of nitrogens with one attached hydrogen (secondary N) is 1. The van der Waals surface area contributed by atoms with E-state index in [1.54, 1.807) is 29.8 Å². The lowest BCUT2D eigenvalue weighted by molar-refractivity contribution is 1.06. The van der Waals surface area contributed by atoms with Gasteiger partial charge in [0, 0.05) is 40.7 Å². The summed E-state index contributed by atoms with van der Waals surface area (Å²) in [6.45, 7) is 1.81. The predicted octanol–water partition coefficient (Wildman–Crippen LogP) is 5.37. The molecule has 0 amide bonds. The van der Waals surface area contributed by atoms with Crippen molar-refractivity contribution in [3.8, 4) is 21.8 Å². The normalized spacial score (nSPS) is 10.7. The highest BCUT2D eigenvalue weighted by molar-refractivity contribution is 7.13. The van der Waals surface area contributed by atoms with Gasteiger partial charge in [0.2, 0.25) is 0 Å². The molecule has 5 nitrogen and oxygen atoms in total. The van der Waals surface area contributed by atoms with Crippen molar-refractivity contribution < 1.29 is 0 Å². The van der Waals surface area contributed by atoms with Crippen LogP contribution in [0.4, 0.5) is 11.5 Å². The number of rotatable bonds is 4. The second kappa shape index (κ2) is 7.19. The first-order valence-electron chi connectivity index (χ1n) is 7.92. The molecule has 128 valence electrons. The quantitative estimate of drug-likeness (QED) is 0.483. The van der Waals surface area contributed by atoms with Crippen molar-refractivity contribution in [2.75, 3.05) is 5.32 Å². The number of benzene rings is 1. The molecule has 0 aliphatic rings. The van der Waals surface area contributed by atoms with Gasteiger partial charge in [0.15, 0.2) is 0 Å². The van der Waals surface area contributed by atoms with Crippen LogP contribution in [0.5, 0.6) is 0 Å². The number of aryl methyl sites for hydroxylation is 1. The summed E-state index contributed by atoms with van der Waals surface area (Å²) in [6, 6.07) is 13.7. The van der Waals surface area contributed by atoms with Crippen molar-refractivity contribution >= 4 is 34.4 Å². The summed E-state index contributed by atoms with van der Waals surface area (Å²) < 4.78 is 0. The van der Waals surface area contributed by atoms with Gasteiger partial charge in [0.05, 0.1) is 5.69 Å². The Hall–Kier alpha value is -2.83. The molecule has 0 aliphatic heterocycles. The van der Waals surface area contributed by atoms with Gasteiger partial charge in [-0.05, 0) is 31.2 Å². The number of hydrogen-bond acceptors (Lipinski definition) is 6. The highest BCUT2D eigenvalue weighted by Crippen LogP contribution is 2.30. The maximum Gasteiger partial charge on any atom is 0.135 e. The monoisotopic (exact) mass is 379 g/mol. The van der Waals surface area contributed by atoms with E-state index >= 15 is 0 Å². The van der Waals surface area contributed by atoms with Crippen LogP contribution in [0.1, 0.15) is 5.82 Å². The van der Waals surface area contributed by atoms with Gasteiger partial charge < -0.3 is 5.32 Å². The Morgan fingerprint density at radius 2 is 1.81 bits per heavy atom. The number of anilines is 2. The van der Waals surface area contributed by atoms with Crippen LogP contribution in [-0.4, -0.2) is 19.9 Å². The molecule has 0 spiro atoms. The molecule has 0 atom stereocenters. The Kier molecular flexibility index (Phi) is 4.60. The third kappa shape index (κ3) is 3.71. The smallest absolute Gasteiger partial charge is 0.135 e. The van der Waals surface area contributed by atoms with Crippen molar-refractivity contribution in [3.05, 3.63) is 71.2 Å². The molecule has 0 fully saturated rings. The largest absolute Gasteiger partial charge is 0.340 e. The summed E-state index contributed by atoms with van der Waals surface area (Å²) >= 11 is 7.61. The first-order chi connectivity index (χ1) is 12.7. The predicted molar refractivity (Wildman–Crippen MR) is 106 cm³/mol. The van der Waals surface area contributed by atoms with E-state index in [1.807, 2.05) is 43.3 Å². The number of nitrogens with zero attached hydrogens (tertiary/aromatic N) is 4. The average molecular weight is 380 g/mol. The van der Waals surface area contributed by atoms with Gasteiger partial charge in [-0.15, -0.1) is 11.3 Å². The summed E-state index contributed by atoms with van der Waals surface area (Å²) in [4.78, 5) is 17.2. The number of pyridine rings is 1. The highest BCUT2D eigenvalue weighted by atomic mass is 35.5. The lowest BCUT2D eigenvalue weighted by Crippen LogP contribution is -1.97. The second-order valence-corrected chi connectivity index (χ2v) is 6.85. The van der Waals surface area contributed by atoms with E-state index in [0.717, 1.165) is 27.5 Å². The van der Waals surface area contributed by atoms with Gasteiger partial charge in [0.25, 0.3) is 0 Å². The van der Waals surface area contributed by atoms with Crippen LogP contribution in [0.15, 0.2) is 60.2 Å². The summed E-state index contributed by atoms with van der Waals surface area (Å²) in [5, 5.41) is 6.71. The molecule has 7 heteroatoms. The third-order valence-electron chi connectivity index (χ3n) is 3.67. The maximum atomic E-state index is 6.00. The van der Waals surface area contributed by atoms with E-state index in [0.29, 0.717) is 16.8 Å². The molecule has 4 aromatic rings. The van der Waals surface area contributed by atoms with Gasteiger partial charge in [0.1, 0.15) is 21.8 Å². The van der Waals surface area contributed by atoms with Crippen LogP contribution in [0.2, 0.25) is 5.15 Å². The van der Waals surface area contributed by atoms with E-state index < -0.39 is 0 Å². The van der Waals surface area contributed by atoms with Crippen LogP contribution >= 0.6 is 22.9 Å². The Morgan fingerprint density at radius 1 is 0.962 bits per heavy atom. The molecule has 0 unspecified atom stereocenters. The summed E-state index contributed by atoms with van der Waals surface area (Å²) in [6.07, 6.45) is 3.55. The average Bonchev–Trinajstić information content (AvgIpc) is 3.12. The van der Waals surface area contributed by atoms with Crippen molar-refractivity contribution in [3.63, 3.8) is 0 Å². The molecule has 4 rings (SSSR count). The van der Waals surface area contributed by atoms with Gasteiger partial charge in [-0.3, -0.25) is 4.98 Å². The number of halogens is 1. The number of hydrogen-bond donors (Lipinski definition) is 1. The Balaban J connectivity index is 1.61. The van der Waals surface area contributed by atoms with Crippen molar-refractivity contribution in [2.24, 2.45) is 0 Å². The molecule has 0 aliphatic carbocycles. The van der Waals surface area contributed by atoms with Crippen LogP contribution in [0.3, 0.4) is 0 Å². The van der Waals surface area contributed by atoms with Crippen molar-refractivity contribution in [2.45, 2.75) is 6.92 Å². The number of aromatic nitrogens is 4. The first kappa shape index (κ1) is 16.6. The van der Waals surface area contributed by atoms with E-state index in [2.05, 4.69) is 25.6 Å². The molecule has 1 aromatic carbocycles. The van der Waals surface area contributed by atoms with Crippen LogP contribution in [0.25, 0.3) is 21.8 Å². The minimum absolute atomic E-state index is 0.414. The summed E-state index contributed by atoms with van der Waals surface area (Å²) in [5.41, 5.74) is 3.94.